The Labute approximate surface area is 103 Å². The van der Waals surface area contributed by atoms with E-state index in [-0.39, 0.29) is 18.5 Å². The van der Waals surface area contributed by atoms with Crippen molar-refractivity contribution in [3.05, 3.63) is 0 Å². The third-order valence-corrected chi connectivity index (χ3v) is 3.37. The fourth-order valence-electron chi connectivity index (χ4n) is 2.44. The van der Waals surface area contributed by atoms with Crippen LogP contribution in [0.2, 0.25) is 0 Å². The van der Waals surface area contributed by atoms with Crippen molar-refractivity contribution >= 4 is 23.7 Å². The van der Waals surface area contributed by atoms with Gasteiger partial charge in [0, 0.05) is 0 Å². The Morgan fingerprint density at radius 3 is 2.78 bits per heavy atom. The summed E-state index contributed by atoms with van der Waals surface area (Å²) in [6.45, 7) is -0.0418. The number of nitrogens with zero attached hydrogens (tertiary/aromatic N) is 3. The second-order valence-corrected chi connectivity index (χ2v) is 4.51. The average Bonchev–Trinajstić information content (AvgIpc) is 2.68. The van der Waals surface area contributed by atoms with Crippen molar-refractivity contribution in [1.82, 2.24) is 20.8 Å². The highest BCUT2D eigenvalue weighted by atomic mass is 16.2. The largest absolute Gasteiger partial charge is 0.347 e. The molecular formula is C10H13N5O3. The van der Waals surface area contributed by atoms with E-state index in [2.05, 4.69) is 15.7 Å². The van der Waals surface area contributed by atoms with Gasteiger partial charge in [0.15, 0.2) is 0 Å². The van der Waals surface area contributed by atoms with Gasteiger partial charge in [0.25, 0.3) is 5.91 Å². The maximum Gasteiger partial charge on any atom is 0.347 e. The van der Waals surface area contributed by atoms with Gasteiger partial charge in [0.2, 0.25) is 0 Å². The van der Waals surface area contributed by atoms with E-state index >= 15 is 0 Å². The van der Waals surface area contributed by atoms with Gasteiger partial charge in [-0.1, -0.05) is 6.42 Å². The van der Waals surface area contributed by atoms with Crippen LogP contribution in [0.5, 0.6) is 0 Å². The highest BCUT2D eigenvalue weighted by Gasteiger charge is 2.42. The number of urea groups is 2. The lowest BCUT2D eigenvalue weighted by atomic mass is 9.88. The van der Waals surface area contributed by atoms with Crippen molar-refractivity contribution in [3.8, 4) is 0 Å². The van der Waals surface area contributed by atoms with Crippen molar-refractivity contribution in [2.75, 3.05) is 6.67 Å². The van der Waals surface area contributed by atoms with E-state index in [1.165, 1.54) is 0 Å². The lowest BCUT2D eigenvalue weighted by Crippen LogP contribution is -2.62. The maximum absolute atomic E-state index is 12.1. The third kappa shape index (κ3) is 1.60. The van der Waals surface area contributed by atoms with Gasteiger partial charge in [0.05, 0.1) is 11.6 Å². The molecule has 1 atom stereocenters. The molecule has 2 aliphatic heterocycles. The van der Waals surface area contributed by atoms with E-state index in [0.29, 0.717) is 0 Å². The van der Waals surface area contributed by atoms with E-state index in [4.69, 9.17) is 0 Å². The summed E-state index contributed by atoms with van der Waals surface area (Å²) in [7, 11) is 0. The topological polar surface area (TPSA) is 94.1 Å². The number of rotatable bonds is 1. The van der Waals surface area contributed by atoms with Crippen molar-refractivity contribution in [3.63, 3.8) is 0 Å². The lowest BCUT2D eigenvalue weighted by molar-refractivity contribution is -0.145. The molecule has 0 aromatic heterocycles. The van der Waals surface area contributed by atoms with Crippen LogP contribution in [0.1, 0.15) is 25.7 Å². The fourth-order valence-corrected chi connectivity index (χ4v) is 2.44. The highest BCUT2D eigenvalue weighted by molar-refractivity contribution is 6.09. The van der Waals surface area contributed by atoms with E-state index in [9.17, 15) is 14.4 Å². The van der Waals surface area contributed by atoms with E-state index in [0.717, 1.165) is 41.5 Å². The molecule has 2 fully saturated rings. The van der Waals surface area contributed by atoms with Gasteiger partial charge in [-0.05, 0) is 19.3 Å². The summed E-state index contributed by atoms with van der Waals surface area (Å²) in [6.07, 6.45) is 3.62. The summed E-state index contributed by atoms with van der Waals surface area (Å²) in [6, 6.07) is -1.19. The number of hydrazone groups is 1. The molecule has 0 aromatic carbocycles. The van der Waals surface area contributed by atoms with Gasteiger partial charge in [-0.25, -0.2) is 9.59 Å². The Morgan fingerprint density at radius 2 is 2.06 bits per heavy atom. The quantitative estimate of drug-likeness (QED) is 0.685. The predicted molar refractivity (Wildman–Crippen MR) is 60.0 cm³/mol. The summed E-state index contributed by atoms with van der Waals surface area (Å²) in [5, 5.41) is 10.9. The molecule has 2 heterocycles. The molecule has 3 rings (SSSR count). The van der Waals surface area contributed by atoms with Gasteiger partial charge in [-0.2, -0.15) is 10.1 Å². The summed E-state index contributed by atoms with van der Waals surface area (Å²) in [5.74, 6) is -0.375. The van der Waals surface area contributed by atoms with Crippen LogP contribution >= 0.6 is 0 Å². The SMILES string of the molecule is O=C1NCN(N2N=C3CCCCC3C2=O)C(=O)N1. The second-order valence-electron chi connectivity index (χ2n) is 4.51. The standard InChI is InChI=1S/C10H13N5O3/c16-8-6-3-1-2-4-7(6)13-15(8)14-5-11-9(17)12-10(14)18/h6H,1-5H2,(H2,11,12,17,18). The van der Waals surface area contributed by atoms with Crippen LogP contribution in [-0.4, -0.2) is 40.5 Å². The fraction of sp³-hybridized carbons (Fsp3) is 0.600. The number of hydrazine groups is 1. The molecule has 96 valence electrons. The molecule has 5 amide bonds. The van der Waals surface area contributed by atoms with Gasteiger partial charge in [0.1, 0.15) is 6.67 Å². The summed E-state index contributed by atoms with van der Waals surface area (Å²) < 4.78 is 0. The molecule has 1 aliphatic carbocycles. The highest BCUT2D eigenvalue weighted by Crippen LogP contribution is 2.29. The number of imide groups is 1. The van der Waals surface area contributed by atoms with Gasteiger partial charge >= 0.3 is 12.1 Å². The first-order valence-corrected chi connectivity index (χ1v) is 5.94. The Balaban J connectivity index is 1.81. The summed E-state index contributed by atoms with van der Waals surface area (Å²) in [5.41, 5.74) is 0.843. The minimum absolute atomic E-state index is 0.0418. The molecule has 8 nitrogen and oxygen atoms in total. The Morgan fingerprint density at radius 1 is 1.22 bits per heavy atom. The zero-order chi connectivity index (χ0) is 12.7. The van der Waals surface area contributed by atoms with Crippen molar-refractivity contribution < 1.29 is 14.4 Å². The average molecular weight is 251 g/mol. The number of amides is 5. The van der Waals surface area contributed by atoms with Crippen molar-refractivity contribution in [2.45, 2.75) is 25.7 Å². The normalized spacial score (nSPS) is 27.7. The Bertz CT molecular complexity index is 460. The first-order valence-electron chi connectivity index (χ1n) is 5.94. The molecular weight excluding hydrogens is 238 g/mol. The van der Waals surface area contributed by atoms with E-state index < -0.39 is 12.1 Å². The molecule has 0 aromatic rings. The number of fused-ring (bicyclic) bond motifs is 1. The monoisotopic (exact) mass is 251 g/mol. The van der Waals surface area contributed by atoms with Gasteiger partial charge < -0.3 is 5.32 Å². The third-order valence-electron chi connectivity index (χ3n) is 3.37. The predicted octanol–water partition coefficient (Wildman–Crippen LogP) is -0.0179. The molecule has 1 saturated heterocycles. The Hall–Kier alpha value is -2.12. The van der Waals surface area contributed by atoms with E-state index in [1.807, 2.05) is 0 Å². The first-order chi connectivity index (χ1) is 8.66. The summed E-state index contributed by atoms with van der Waals surface area (Å²) in [4.78, 5) is 34.7. The van der Waals surface area contributed by atoms with Crippen LogP contribution < -0.4 is 10.6 Å². The first kappa shape index (κ1) is 11.0. The minimum atomic E-state index is -0.630. The zero-order valence-electron chi connectivity index (χ0n) is 9.68. The maximum atomic E-state index is 12.1. The molecule has 1 unspecified atom stereocenters. The zero-order valence-corrected chi connectivity index (χ0v) is 9.68. The van der Waals surface area contributed by atoms with Crippen molar-refractivity contribution in [2.24, 2.45) is 11.0 Å². The molecule has 0 spiro atoms. The number of nitrogens with one attached hydrogen (secondary N) is 2. The number of carbonyl (C=O) groups excluding carboxylic acids is 3. The van der Waals surface area contributed by atoms with E-state index in [1.54, 1.807) is 0 Å². The summed E-state index contributed by atoms with van der Waals surface area (Å²) >= 11 is 0. The minimum Gasteiger partial charge on any atom is -0.318 e. The molecule has 0 bridgehead atoms. The van der Waals surface area contributed by atoms with Crippen LogP contribution in [0.15, 0.2) is 5.10 Å². The number of hydrogen-bond acceptors (Lipinski definition) is 4. The Kier molecular flexibility index (Phi) is 2.42. The van der Waals surface area contributed by atoms with Gasteiger partial charge in [-0.3, -0.25) is 10.1 Å². The number of hydrogen-bond donors (Lipinski definition) is 2. The lowest BCUT2D eigenvalue weighted by Gasteiger charge is -2.31. The number of carbonyl (C=O) groups is 3. The van der Waals surface area contributed by atoms with Crippen LogP contribution in [0.4, 0.5) is 9.59 Å². The molecule has 3 aliphatic rings. The van der Waals surface area contributed by atoms with Gasteiger partial charge in [-0.15, -0.1) is 5.12 Å². The second kappa shape index (κ2) is 3.97. The molecule has 2 N–H and O–H groups in total. The van der Waals surface area contributed by atoms with Crippen LogP contribution in [0.25, 0.3) is 0 Å². The van der Waals surface area contributed by atoms with Crippen LogP contribution in [0.3, 0.4) is 0 Å². The van der Waals surface area contributed by atoms with Crippen molar-refractivity contribution in [1.29, 1.82) is 0 Å². The van der Waals surface area contributed by atoms with Crippen LogP contribution in [-0.2, 0) is 4.79 Å². The molecule has 8 heteroatoms. The molecule has 0 radical (unpaired) electrons. The molecule has 1 saturated carbocycles. The molecule has 18 heavy (non-hydrogen) atoms. The van der Waals surface area contributed by atoms with Crippen LogP contribution in [0, 0.1) is 5.92 Å². The smallest absolute Gasteiger partial charge is 0.318 e.